The lowest BCUT2D eigenvalue weighted by atomic mass is 10.0. The van der Waals surface area contributed by atoms with Crippen molar-refractivity contribution < 1.29 is 4.79 Å². The van der Waals surface area contributed by atoms with E-state index >= 15 is 0 Å². The van der Waals surface area contributed by atoms with Crippen LogP contribution >= 0.6 is 11.3 Å². The van der Waals surface area contributed by atoms with Gasteiger partial charge in [-0.05, 0) is 49.0 Å². The van der Waals surface area contributed by atoms with E-state index in [9.17, 15) is 4.79 Å². The van der Waals surface area contributed by atoms with Crippen LogP contribution in [0.2, 0.25) is 0 Å². The third-order valence-corrected chi connectivity index (χ3v) is 6.48. The molecule has 0 spiro atoms. The second-order valence-corrected chi connectivity index (χ2v) is 9.07. The van der Waals surface area contributed by atoms with Gasteiger partial charge in [-0.2, -0.15) is 0 Å². The number of nitrogens with zero attached hydrogens (tertiary/aromatic N) is 5. The van der Waals surface area contributed by atoms with Crippen molar-refractivity contribution in [1.29, 1.82) is 0 Å². The van der Waals surface area contributed by atoms with Crippen LogP contribution < -0.4 is 16.0 Å². The Morgan fingerprint density at radius 2 is 2.12 bits per heavy atom. The number of benzene rings is 1. The van der Waals surface area contributed by atoms with Crippen molar-refractivity contribution in [2.24, 2.45) is 4.99 Å². The number of rotatable bonds is 8. The molecule has 33 heavy (non-hydrogen) atoms. The molecule has 3 aromatic rings. The SMILES string of the molecule is C=Cc1cc(-c2cnc(N)s2)ccc1C=NCNC(=O)c1ccnc(N2CC(N(C)C)C2)c1. The molecule has 170 valence electrons. The molecule has 3 N–H and O–H groups in total. The van der Waals surface area contributed by atoms with E-state index in [1.807, 2.05) is 24.3 Å². The number of amides is 1. The monoisotopic (exact) mass is 461 g/mol. The molecule has 1 saturated heterocycles. The summed E-state index contributed by atoms with van der Waals surface area (Å²) in [7, 11) is 4.15. The zero-order chi connectivity index (χ0) is 23.4. The molecule has 1 aliphatic rings. The van der Waals surface area contributed by atoms with Gasteiger partial charge in [-0.25, -0.2) is 9.97 Å². The highest BCUT2D eigenvalue weighted by Gasteiger charge is 2.29. The fourth-order valence-corrected chi connectivity index (χ4v) is 4.19. The number of nitrogens with one attached hydrogen (secondary N) is 1. The van der Waals surface area contributed by atoms with Crippen molar-refractivity contribution in [3.05, 3.63) is 66.0 Å². The smallest absolute Gasteiger partial charge is 0.252 e. The highest BCUT2D eigenvalue weighted by Crippen LogP contribution is 2.29. The predicted octanol–water partition coefficient (Wildman–Crippen LogP) is 2.99. The summed E-state index contributed by atoms with van der Waals surface area (Å²) in [5.41, 5.74) is 9.19. The topological polar surface area (TPSA) is 99.7 Å². The summed E-state index contributed by atoms with van der Waals surface area (Å²) in [4.78, 5) is 30.8. The number of aliphatic imine (C=N–C) groups is 1. The van der Waals surface area contributed by atoms with Gasteiger partial charge in [0.25, 0.3) is 5.91 Å². The van der Waals surface area contributed by atoms with Gasteiger partial charge in [0.15, 0.2) is 5.13 Å². The van der Waals surface area contributed by atoms with Crippen LogP contribution in [0.1, 0.15) is 21.5 Å². The summed E-state index contributed by atoms with van der Waals surface area (Å²) in [5.74, 6) is 0.644. The average Bonchev–Trinajstić information content (AvgIpc) is 3.21. The summed E-state index contributed by atoms with van der Waals surface area (Å²) in [6.45, 7) is 5.89. The first-order valence-electron chi connectivity index (χ1n) is 10.6. The minimum absolute atomic E-state index is 0.173. The van der Waals surface area contributed by atoms with Crippen LogP contribution in [0.15, 0.2) is 54.3 Å². The Labute approximate surface area is 197 Å². The van der Waals surface area contributed by atoms with Gasteiger partial charge in [0.2, 0.25) is 0 Å². The molecule has 0 radical (unpaired) electrons. The Kier molecular flexibility index (Phi) is 6.81. The predicted molar refractivity (Wildman–Crippen MR) is 136 cm³/mol. The van der Waals surface area contributed by atoms with Crippen LogP contribution in [0.25, 0.3) is 16.5 Å². The molecular formula is C24H27N7OS. The number of hydrogen-bond acceptors (Lipinski definition) is 8. The van der Waals surface area contributed by atoms with Gasteiger partial charge in [0.1, 0.15) is 12.5 Å². The zero-order valence-corrected chi connectivity index (χ0v) is 19.5. The molecule has 1 amide bonds. The van der Waals surface area contributed by atoms with E-state index < -0.39 is 0 Å². The number of nitrogen functional groups attached to an aromatic ring is 1. The molecule has 0 saturated carbocycles. The summed E-state index contributed by atoms with van der Waals surface area (Å²) in [6, 6.07) is 10.0. The second-order valence-electron chi connectivity index (χ2n) is 8.01. The largest absolute Gasteiger partial charge is 0.375 e. The van der Waals surface area contributed by atoms with Crippen molar-refractivity contribution >= 4 is 40.5 Å². The number of carbonyl (C=O) groups is 1. The molecule has 2 aromatic heterocycles. The van der Waals surface area contributed by atoms with Crippen molar-refractivity contribution in [2.75, 3.05) is 44.5 Å². The summed E-state index contributed by atoms with van der Waals surface area (Å²) >= 11 is 1.44. The molecular weight excluding hydrogens is 434 g/mol. The quantitative estimate of drug-likeness (QED) is 0.501. The van der Waals surface area contributed by atoms with Gasteiger partial charge < -0.3 is 20.9 Å². The number of nitrogens with two attached hydrogens (primary N) is 1. The van der Waals surface area contributed by atoms with Crippen LogP contribution in [0.3, 0.4) is 0 Å². The number of thiazole rings is 1. The number of carbonyl (C=O) groups excluding carboxylic acids is 1. The van der Waals surface area contributed by atoms with Gasteiger partial charge >= 0.3 is 0 Å². The molecule has 1 aromatic carbocycles. The molecule has 0 atom stereocenters. The van der Waals surface area contributed by atoms with E-state index in [-0.39, 0.29) is 12.6 Å². The molecule has 0 bridgehead atoms. The fourth-order valence-electron chi connectivity index (χ4n) is 3.51. The van der Waals surface area contributed by atoms with Crippen molar-refractivity contribution in [2.45, 2.75) is 6.04 Å². The Balaban J connectivity index is 1.35. The van der Waals surface area contributed by atoms with Gasteiger partial charge in [0.05, 0.1) is 4.88 Å². The van der Waals surface area contributed by atoms with Gasteiger partial charge in [-0.3, -0.25) is 9.79 Å². The third-order valence-electron chi connectivity index (χ3n) is 5.60. The van der Waals surface area contributed by atoms with E-state index in [1.54, 1.807) is 30.8 Å². The van der Waals surface area contributed by atoms with Crippen molar-refractivity contribution in [3.8, 4) is 10.4 Å². The molecule has 1 fully saturated rings. The van der Waals surface area contributed by atoms with Crippen molar-refractivity contribution in [3.63, 3.8) is 0 Å². The third kappa shape index (κ3) is 5.27. The first-order chi connectivity index (χ1) is 15.9. The highest BCUT2D eigenvalue weighted by molar-refractivity contribution is 7.18. The minimum atomic E-state index is -0.178. The second kappa shape index (κ2) is 9.93. The lowest BCUT2D eigenvalue weighted by molar-refractivity contribution is 0.0955. The molecule has 9 heteroatoms. The number of anilines is 2. The van der Waals surface area contributed by atoms with E-state index in [1.165, 1.54) is 11.3 Å². The summed E-state index contributed by atoms with van der Waals surface area (Å²) in [5, 5.41) is 3.38. The van der Waals surface area contributed by atoms with Crippen LogP contribution in [-0.2, 0) is 0 Å². The Hall–Kier alpha value is -3.56. The van der Waals surface area contributed by atoms with Crippen LogP contribution in [0.4, 0.5) is 10.9 Å². The number of likely N-dealkylation sites (N-methyl/N-ethyl adjacent to an activating group) is 1. The number of aromatic nitrogens is 2. The van der Waals surface area contributed by atoms with E-state index in [0.717, 1.165) is 40.5 Å². The maximum absolute atomic E-state index is 12.6. The van der Waals surface area contributed by atoms with E-state index in [2.05, 4.69) is 50.8 Å². The number of hydrogen-bond donors (Lipinski definition) is 2. The normalized spacial score (nSPS) is 14.0. The Morgan fingerprint density at radius 3 is 2.82 bits per heavy atom. The first kappa shape index (κ1) is 22.6. The van der Waals surface area contributed by atoms with Gasteiger partial charge in [-0.15, -0.1) is 0 Å². The maximum Gasteiger partial charge on any atom is 0.252 e. The minimum Gasteiger partial charge on any atom is -0.375 e. The zero-order valence-electron chi connectivity index (χ0n) is 18.7. The van der Waals surface area contributed by atoms with E-state index in [0.29, 0.717) is 16.7 Å². The standard InChI is InChI=1S/C24H27N7OS/c1-4-16-9-17(21-12-28-24(25)33-21)5-6-19(16)11-26-15-29-23(32)18-7-8-27-22(10-18)31-13-20(14-31)30(2)3/h4-12,20H,1,13-15H2,2-3H3,(H2,25,28)(H,29,32). The summed E-state index contributed by atoms with van der Waals surface area (Å²) < 4.78 is 0. The average molecular weight is 462 g/mol. The molecule has 0 unspecified atom stereocenters. The fraction of sp³-hybridized carbons (Fsp3) is 0.250. The van der Waals surface area contributed by atoms with Crippen LogP contribution in [0, 0.1) is 0 Å². The van der Waals surface area contributed by atoms with Gasteiger partial charge in [-0.1, -0.05) is 36.1 Å². The molecule has 4 rings (SSSR count). The van der Waals surface area contributed by atoms with Crippen LogP contribution in [-0.4, -0.2) is 66.9 Å². The van der Waals surface area contributed by atoms with Crippen LogP contribution in [0.5, 0.6) is 0 Å². The van der Waals surface area contributed by atoms with E-state index in [4.69, 9.17) is 5.73 Å². The molecule has 1 aliphatic heterocycles. The first-order valence-corrected chi connectivity index (χ1v) is 11.4. The Bertz CT molecular complexity index is 1180. The molecule has 3 heterocycles. The molecule has 0 aliphatic carbocycles. The lowest BCUT2D eigenvalue weighted by Gasteiger charge is -2.43. The van der Waals surface area contributed by atoms with Gasteiger partial charge in [0, 0.05) is 43.3 Å². The number of pyridine rings is 1. The maximum atomic E-state index is 12.6. The highest BCUT2D eigenvalue weighted by atomic mass is 32.1. The lowest BCUT2D eigenvalue weighted by Crippen LogP contribution is -2.57. The Morgan fingerprint density at radius 1 is 1.30 bits per heavy atom. The summed E-state index contributed by atoms with van der Waals surface area (Å²) in [6.07, 6.45) is 6.95. The molecule has 8 nitrogen and oxygen atoms in total. The van der Waals surface area contributed by atoms with Crippen molar-refractivity contribution in [1.82, 2.24) is 20.2 Å².